The van der Waals surface area contributed by atoms with Crippen molar-refractivity contribution in [2.24, 2.45) is 0 Å². The summed E-state index contributed by atoms with van der Waals surface area (Å²) in [4.78, 5) is 16.3. The van der Waals surface area contributed by atoms with Gasteiger partial charge in [-0.25, -0.2) is 0 Å². The number of nitrogens with one attached hydrogen (secondary N) is 1. The number of aryl methyl sites for hydroxylation is 1. The van der Waals surface area contributed by atoms with Crippen LogP contribution in [-0.2, 0) is 0 Å². The van der Waals surface area contributed by atoms with Crippen LogP contribution in [0.15, 0.2) is 18.3 Å². The topological polar surface area (TPSA) is 42.0 Å². The van der Waals surface area contributed by atoms with Crippen molar-refractivity contribution in [3.8, 4) is 0 Å². The lowest BCUT2D eigenvalue weighted by Gasteiger charge is -2.30. The third kappa shape index (κ3) is 3.19. The number of aromatic nitrogens is 1. The Labute approximate surface area is 108 Å². The largest absolute Gasteiger partial charge is 0.345 e. The molecule has 0 saturated heterocycles. The minimum Gasteiger partial charge on any atom is -0.345 e. The maximum Gasteiger partial charge on any atom is 0.253 e. The van der Waals surface area contributed by atoms with Crippen LogP contribution in [0.1, 0.15) is 42.7 Å². The molecule has 0 unspecified atom stereocenters. The van der Waals surface area contributed by atoms with E-state index in [0.717, 1.165) is 18.5 Å². The predicted octanol–water partition coefficient (Wildman–Crippen LogP) is 2.92. The van der Waals surface area contributed by atoms with Crippen LogP contribution in [0, 0.1) is 6.92 Å². The highest BCUT2D eigenvalue weighted by Crippen LogP contribution is 2.18. The van der Waals surface area contributed by atoms with Gasteiger partial charge in [-0.2, -0.15) is 0 Å². The van der Waals surface area contributed by atoms with Gasteiger partial charge >= 0.3 is 0 Å². The second-order valence-corrected chi connectivity index (χ2v) is 4.48. The van der Waals surface area contributed by atoms with Crippen molar-refractivity contribution in [2.45, 2.75) is 39.2 Å². The lowest BCUT2D eigenvalue weighted by molar-refractivity contribution is 0.0901. The van der Waals surface area contributed by atoms with Crippen LogP contribution in [0.5, 0.6) is 0 Å². The molecule has 1 amide bonds. The Bertz CT molecular complexity index is 380. The van der Waals surface area contributed by atoms with E-state index in [0.29, 0.717) is 11.4 Å². The molecule has 3 nitrogen and oxygen atoms in total. The summed E-state index contributed by atoms with van der Waals surface area (Å²) in [6.45, 7) is 5.89. The van der Waals surface area contributed by atoms with Gasteiger partial charge in [0.15, 0.2) is 0 Å². The van der Waals surface area contributed by atoms with Crippen LogP contribution < -0.4 is 5.32 Å². The van der Waals surface area contributed by atoms with Crippen LogP contribution in [-0.4, -0.2) is 22.3 Å². The van der Waals surface area contributed by atoms with E-state index in [1.165, 1.54) is 0 Å². The van der Waals surface area contributed by atoms with Crippen LogP contribution >= 0.6 is 11.6 Å². The van der Waals surface area contributed by atoms with Gasteiger partial charge < -0.3 is 5.32 Å². The quantitative estimate of drug-likeness (QED) is 0.821. The molecule has 0 aromatic carbocycles. The Morgan fingerprint density at radius 2 is 2.12 bits per heavy atom. The minimum atomic E-state index is -0.319. The summed E-state index contributed by atoms with van der Waals surface area (Å²) in [5.41, 5.74) is 1.03. The van der Waals surface area contributed by atoms with Crippen molar-refractivity contribution >= 4 is 17.5 Å². The first kappa shape index (κ1) is 14.0. The van der Waals surface area contributed by atoms with Crippen LogP contribution in [0.25, 0.3) is 0 Å². The standard InChI is InChI=1S/C13H19ClN2O/c1-4-13(5-2,9-14)16-12(17)11-7-6-8-15-10(11)3/h6-8H,4-5,9H2,1-3H3,(H,16,17). The molecule has 1 rings (SSSR count). The Morgan fingerprint density at radius 3 is 2.59 bits per heavy atom. The van der Waals surface area contributed by atoms with E-state index in [-0.39, 0.29) is 11.4 Å². The van der Waals surface area contributed by atoms with Crippen molar-refractivity contribution in [3.63, 3.8) is 0 Å². The fraction of sp³-hybridized carbons (Fsp3) is 0.538. The molecule has 0 bridgehead atoms. The number of rotatable bonds is 5. The van der Waals surface area contributed by atoms with E-state index >= 15 is 0 Å². The molecule has 4 heteroatoms. The average molecular weight is 255 g/mol. The Hall–Kier alpha value is -1.09. The zero-order valence-corrected chi connectivity index (χ0v) is 11.3. The second kappa shape index (κ2) is 6.01. The first-order valence-electron chi connectivity index (χ1n) is 5.88. The Kier molecular flexibility index (Phi) is 4.94. The van der Waals surface area contributed by atoms with Gasteiger partial charge in [0, 0.05) is 17.8 Å². The fourth-order valence-corrected chi connectivity index (χ4v) is 2.13. The highest BCUT2D eigenvalue weighted by molar-refractivity contribution is 6.19. The number of nitrogens with zero attached hydrogens (tertiary/aromatic N) is 1. The lowest BCUT2D eigenvalue weighted by Crippen LogP contribution is -2.49. The van der Waals surface area contributed by atoms with Crippen molar-refractivity contribution in [1.82, 2.24) is 10.3 Å². The molecule has 1 heterocycles. The molecule has 1 aromatic rings. The minimum absolute atomic E-state index is 0.0973. The normalized spacial score (nSPS) is 11.3. The van der Waals surface area contributed by atoms with Crippen LogP contribution in [0.4, 0.5) is 0 Å². The van der Waals surface area contributed by atoms with Gasteiger partial charge in [-0.05, 0) is 31.9 Å². The highest BCUT2D eigenvalue weighted by Gasteiger charge is 2.27. The Morgan fingerprint density at radius 1 is 1.47 bits per heavy atom. The third-order valence-corrected chi connectivity index (χ3v) is 3.75. The molecule has 94 valence electrons. The molecule has 0 saturated carbocycles. The number of hydrogen-bond donors (Lipinski definition) is 1. The summed E-state index contributed by atoms with van der Waals surface area (Å²) in [6, 6.07) is 3.55. The molecular weight excluding hydrogens is 236 g/mol. The number of alkyl halides is 1. The number of hydrogen-bond acceptors (Lipinski definition) is 2. The zero-order valence-electron chi connectivity index (χ0n) is 10.6. The molecule has 17 heavy (non-hydrogen) atoms. The van der Waals surface area contributed by atoms with Crippen molar-refractivity contribution in [3.05, 3.63) is 29.6 Å². The maximum atomic E-state index is 12.1. The third-order valence-electron chi connectivity index (χ3n) is 3.24. The molecule has 0 spiro atoms. The van der Waals surface area contributed by atoms with Gasteiger partial charge in [0.1, 0.15) is 0 Å². The van der Waals surface area contributed by atoms with Gasteiger partial charge in [0.25, 0.3) is 5.91 Å². The number of halogens is 1. The lowest BCUT2D eigenvalue weighted by atomic mass is 9.94. The summed E-state index contributed by atoms with van der Waals surface area (Å²) < 4.78 is 0. The summed E-state index contributed by atoms with van der Waals surface area (Å²) in [5, 5.41) is 3.03. The fourth-order valence-electron chi connectivity index (χ4n) is 1.68. The van der Waals surface area contributed by atoms with E-state index in [9.17, 15) is 4.79 Å². The molecule has 1 N–H and O–H groups in total. The summed E-state index contributed by atoms with van der Waals surface area (Å²) in [6.07, 6.45) is 3.32. The molecule has 0 aliphatic heterocycles. The van der Waals surface area contributed by atoms with Gasteiger partial charge in [0.05, 0.1) is 11.1 Å². The first-order chi connectivity index (χ1) is 8.08. The monoisotopic (exact) mass is 254 g/mol. The highest BCUT2D eigenvalue weighted by atomic mass is 35.5. The van der Waals surface area contributed by atoms with E-state index < -0.39 is 0 Å². The van der Waals surface area contributed by atoms with Gasteiger partial charge in [-0.1, -0.05) is 13.8 Å². The molecule has 0 aliphatic rings. The predicted molar refractivity (Wildman–Crippen MR) is 70.5 cm³/mol. The first-order valence-corrected chi connectivity index (χ1v) is 6.42. The van der Waals surface area contributed by atoms with Crippen molar-refractivity contribution in [1.29, 1.82) is 0 Å². The maximum absolute atomic E-state index is 12.1. The van der Waals surface area contributed by atoms with E-state index in [2.05, 4.69) is 10.3 Å². The second-order valence-electron chi connectivity index (χ2n) is 4.21. The van der Waals surface area contributed by atoms with Crippen molar-refractivity contribution < 1.29 is 4.79 Å². The van der Waals surface area contributed by atoms with Gasteiger partial charge in [0.2, 0.25) is 0 Å². The number of carbonyl (C=O) groups excluding carboxylic acids is 1. The molecule has 0 atom stereocenters. The smallest absolute Gasteiger partial charge is 0.253 e. The molecule has 0 aliphatic carbocycles. The van der Waals surface area contributed by atoms with Gasteiger partial charge in [-0.3, -0.25) is 9.78 Å². The number of pyridine rings is 1. The van der Waals surface area contributed by atoms with E-state index in [1.54, 1.807) is 18.3 Å². The Balaban J connectivity index is 2.89. The number of carbonyl (C=O) groups is 1. The van der Waals surface area contributed by atoms with Crippen molar-refractivity contribution in [2.75, 3.05) is 5.88 Å². The molecular formula is C13H19ClN2O. The summed E-state index contributed by atoms with van der Waals surface area (Å²) >= 11 is 5.97. The van der Waals surface area contributed by atoms with E-state index in [4.69, 9.17) is 11.6 Å². The average Bonchev–Trinajstić information content (AvgIpc) is 2.36. The van der Waals surface area contributed by atoms with Crippen LogP contribution in [0.3, 0.4) is 0 Å². The number of amides is 1. The SMILES string of the molecule is CCC(CC)(CCl)NC(=O)c1cccnc1C. The molecule has 1 aromatic heterocycles. The zero-order chi connectivity index (χ0) is 12.9. The molecule has 0 fully saturated rings. The summed E-state index contributed by atoms with van der Waals surface area (Å²) in [5.74, 6) is 0.324. The van der Waals surface area contributed by atoms with Crippen LogP contribution in [0.2, 0.25) is 0 Å². The molecule has 0 radical (unpaired) electrons. The summed E-state index contributed by atoms with van der Waals surface area (Å²) in [7, 11) is 0. The van der Waals surface area contributed by atoms with E-state index in [1.807, 2.05) is 20.8 Å². The van der Waals surface area contributed by atoms with Gasteiger partial charge in [-0.15, -0.1) is 11.6 Å².